The number of nitrogens with one attached hydrogen (secondary N) is 1. The number of nitrogens with zero attached hydrogens (tertiary/aromatic N) is 1. The zero-order valence-electron chi connectivity index (χ0n) is 9.26. The Kier molecular flexibility index (Phi) is 3.98. The van der Waals surface area contributed by atoms with Crippen LogP contribution >= 0.6 is 22.9 Å². The first-order chi connectivity index (χ1) is 8.72. The van der Waals surface area contributed by atoms with Crippen LogP contribution in [0.25, 0.3) is 0 Å². The van der Waals surface area contributed by atoms with Crippen LogP contribution in [0.1, 0.15) is 22.0 Å². The molecule has 1 unspecified atom stereocenters. The normalized spacial score (nSPS) is 11.6. The van der Waals surface area contributed by atoms with Crippen molar-refractivity contribution >= 4 is 28.8 Å². The van der Waals surface area contributed by atoms with Crippen LogP contribution in [0.4, 0.5) is 0 Å². The number of nitriles is 1. The predicted octanol–water partition coefficient (Wildman–Crippen LogP) is 3.40. The van der Waals surface area contributed by atoms with E-state index < -0.39 is 6.04 Å². The van der Waals surface area contributed by atoms with E-state index in [2.05, 4.69) is 11.4 Å². The molecule has 0 aliphatic carbocycles. The maximum atomic E-state index is 12.0. The molecule has 0 spiro atoms. The highest BCUT2D eigenvalue weighted by Crippen LogP contribution is 2.19. The lowest BCUT2D eigenvalue weighted by Gasteiger charge is -2.10. The molecule has 1 N–H and O–H groups in total. The van der Waals surface area contributed by atoms with Crippen molar-refractivity contribution in [2.24, 2.45) is 0 Å². The highest BCUT2D eigenvalue weighted by molar-refractivity contribution is 7.08. The summed E-state index contributed by atoms with van der Waals surface area (Å²) in [6, 6.07) is 9.96. The van der Waals surface area contributed by atoms with Crippen molar-refractivity contribution in [3.05, 3.63) is 57.2 Å². The van der Waals surface area contributed by atoms with Crippen molar-refractivity contribution < 1.29 is 4.79 Å². The third-order valence-electron chi connectivity index (χ3n) is 2.40. The second-order valence-electron chi connectivity index (χ2n) is 3.57. The molecular formula is C13H9ClN2OS. The van der Waals surface area contributed by atoms with Crippen molar-refractivity contribution in [3.8, 4) is 6.07 Å². The molecule has 0 radical (unpaired) electrons. The molecule has 0 fully saturated rings. The molecule has 1 aromatic carbocycles. The Balaban J connectivity index is 2.17. The molecule has 3 nitrogen and oxygen atoms in total. The van der Waals surface area contributed by atoms with Crippen LogP contribution < -0.4 is 5.32 Å². The van der Waals surface area contributed by atoms with E-state index >= 15 is 0 Å². The van der Waals surface area contributed by atoms with Gasteiger partial charge in [0.15, 0.2) is 0 Å². The van der Waals surface area contributed by atoms with Crippen molar-refractivity contribution in [1.29, 1.82) is 5.26 Å². The number of carbonyl (C=O) groups is 1. The molecule has 2 rings (SSSR count). The summed E-state index contributed by atoms with van der Waals surface area (Å²) in [6.45, 7) is 0. The average molecular weight is 277 g/mol. The summed E-state index contributed by atoms with van der Waals surface area (Å²) < 4.78 is 0. The molecule has 18 heavy (non-hydrogen) atoms. The molecule has 0 aliphatic rings. The van der Waals surface area contributed by atoms with Crippen LogP contribution in [0.3, 0.4) is 0 Å². The molecular weight excluding hydrogens is 268 g/mol. The van der Waals surface area contributed by atoms with E-state index in [1.807, 2.05) is 16.8 Å². The van der Waals surface area contributed by atoms with Gasteiger partial charge in [0.25, 0.3) is 5.91 Å². The second kappa shape index (κ2) is 5.67. The Hall–Kier alpha value is -1.83. The zero-order valence-corrected chi connectivity index (χ0v) is 10.8. The van der Waals surface area contributed by atoms with Crippen molar-refractivity contribution in [1.82, 2.24) is 5.32 Å². The third-order valence-corrected chi connectivity index (χ3v) is 3.43. The van der Waals surface area contributed by atoms with Crippen LogP contribution in [0.5, 0.6) is 0 Å². The average Bonchev–Trinajstić information content (AvgIpc) is 2.90. The standard InChI is InChI=1S/C13H9ClN2OS/c14-11-4-2-1-3-10(11)13(17)16-12(7-15)9-5-6-18-8-9/h1-6,8,12H,(H,16,17). The largest absolute Gasteiger partial charge is 0.332 e. The van der Waals surface area contributed by atoms with Gasteiger partial charge in [0, 0.05) is 0 Å². The van der Waals surface area contributed by atoms with E-state index in [1.165, 1.54) is 11.3 Å². The number of benzene rings is 1. The number of rotatable bonds is 3. The van der Waals surface area contributed by atoms with Gasteiger partial charge >= 0.3 is 0 Å². The van der Waals surface area contributed by atoms with Gasteiger partial charge in [0.05, 0.1) is 16.7 Å². The summed E-state index contributed by atoms with van der Waals surface area (Å²) in [4.78, 5) is 12.0. The van der Waals surface area contributed by atoms with E-state index in [0.29, 0.717) is 10.6 Å². The first kappa shape index (κ1) is 12.6. The maximum absolute atomic E-state index is 12.0. The Morgan fingerprint density at radius 3 is 2.78 bits per heavy atom. The SMILES string of the molecule is N#CC(NC(=O)c1ccccc1Cl)c1ccsc1. The van der Waals surface area contributed by atoms with Gasteiger partial charge in [0.1, 0.15) is 6.04 Å². The van der Waals surface area contributed by atoms with Gasteiger partial charge in [0.2, 0.25) is 0 Å². The van der Waals surface area contributed by atoms with Crippen LogP contribution in [-0.4, -0.2) is 5.91 Å². The number of halogens is 1. The molecule has 90 valence electrons. The van der Waals surface area contributed by atoms with Crippen LogP contribution in [-0.2, 0) is 0 Å². The summed E-state index contributed by atoms with van der Waals surface area (Å²) in [7, 11) is 0. The minimum Gasteiger partial charge on any atom is -0.332 e. The Bertz CT molecular complexity index is 589. The fraction of sp³-hybridized carbons (Fsp3) is 0.0769. The number of carbonyl (C=O) groups excluding carboxylic acids is 1. The minimum absolute atomic E-state index is 0.349. The highest BCUT2D eigenvalue weighted by atomic mass is 35.5. The molecule has 0 saturated heterocycles. The van der Waals surface area contributed by atoms with Gasteiger partial charge in [-0.25, -0.2) is 0 Å². The number of thiophene rings is 1. The third kappa shape index (κ3) is 2.70. The molecule has 1 atom stereocenters. The van der Waals surface area contributed by atoms with Gasteiger partial charge in [-0.05, 0) is 34.5 Å². The zero-order chi connectivity index (χ0) is 13.0. The molecule has 0 aliphatic heterocycles. The highest BCUT2D eigenvalue weighted by Gasteiger charge is 2.16. The Morgan fingerprint density at radius 1 is 1.39 bits per heavy atom. The summed E-state index contributed by atoms with van der Waals surface area (Å²) in [6.07, 6.45) is 0. The van der Waals surface area contributed by atoms with E-state index in [4.69, 9.17) is 16.9 Å². The molecule has 2 aromatic rings. The molecule has 1 aromatic heterocycles. The predicted molar refractivity (Wildman–Crippen MR) is 71.6 cm³/mol. The molecule has 0 bridgehead atoms. The van der Waals surface area contributed by atoms with Crippen LogP contribution in [0.2, 0.25) is 5.02 Å². The molecule has 5 heteroatoms. The Morgan fingerprint density at radius 2 is 2.17 bits per heavy atom. The smallest absolute Gasteiger partial charge is 0.254 e. The number of hydrogen-bond donors (Lipinski definition) is 1. The lowest BCUT2D eigenvalue weighted by Crippen LogP contribution is -2.27. The monoisotopic (exact) mass is 276 g/mol. The molecule has 1 amide bonds. The Labute approximate surface area is 114 Å². The van der Waals surface area contributed by atoms with E-state index in [0.717, 1.165) is 5.56 Å². The molecule has 0 saturated carbocycles. The van der Waals surface area contributed by atoms with Crippen molar-refractivity contribution in [3.63, 3.8) is 0 Å². The lowest BCUT2D eigenvalue weighted by atomic mass is 10.1. The van der Waals surface area contributed by atoms with Crippen molar-refractivity contribution in [2.45, 2.75) is 6.04 Å². The van der Waals surface area contributed by atoms with Crippen LogP contribution in [0.15, 0.2) is 41.1 Å². The molecule has 1 heterocycles. The fourth-order valence-corrected chi connectivity index (χ4v) is 2.39. The van der Waals surface area contributed by atoms with Gasteiger partial charge < -0.3 is 5.32 Å². The number of amides is 1. The summed E-state index contributed by atoms with van der Waals surface area (Å²) in [5, 5.41) is 15.8. The van der Waals surface area contributed by atoms with Gasteiger partial charge in [-0.2, -0.15) is 16.6 Å². The number of hydrogen-bond acceptors (Lipinski definition) is 3. The lowest BCUT2D eigenvalue weighted by molar-refractivity contribution is 0.0945. The second-order valence-corrected chi connectivity index (χ2v) is 4.76. The minimum atomic E-state index is -0.653. The van der Waals surface area contributed by atoms with E-state index in [1.54, 1.807) is 24.3 Å². The van der Waals surface area contributed by atoms with Gasteiger partial charge in [-0.15, -0.1) is 0 Å². The summed E-state index contributed by atoms with van der Waals surface area (Å²) in [5.74, 6) is -0.349. The maximum Gasteiger partial charge on any atom is 0.254 e. The van der Waals surface area contributed by atoms with Gasteiger partial charge in [-0.3, -0.25) is 4.79 Å². The van der Waals surface area contributed by atoms with E-state index in [9.17, 15) is 4.79 Å². The topological polar surface area (TPSA) is 52.9 Å². The first-order valence-corrected chi connectivity index (χ1v) is 6.51. The van der Waals surface area contributed by atoms with Gasteiger partial charge in [-0.1, -0.05) is 23.7 Å². The fourth-order valence-electron chi connectivity index (χ4n) is 1.48. The van der Waals surface area contributed by atoms with Crippen LogP contribution in [0, 0.1) is 11.3 Å². The summed E-state index contributed by atoms with van der Waals surface area (Å²) in [5.41, 5.74) is 1.15. The van der Waals surface area contributed by atoms with Crippen molar-refractivity contribution in [2.75, 3.05) is 0 Å². The first-order valence-electron chi connectivity index (χ1n) is 5.19. The summed E-state index contributed by atoms with van der Waals surface area (Å²) >= 11 is 7.41. The van der Waals surface area contributed by atoms with E-state index in [-0.39, 0.29) is 5.91 Å². The quantitative estimate of drug-likeness (QED) is 0.934.